The van der Waals surface area contributed by atoms with E-state index in [-0.39, 0.29) is 18.9 Å². The lowest BCUT2D eigenvalue weighted by molar-refractivity contribution is -0.151. The number of amides is 2. The highest BCUT2D eigenvalue weighted by Crippen LogP contribution is 2.36. The van der Waals surface area contributed by atoms with E-state index in [1.165, 1.54) is 19.1 Å². The minimum Gasteiger partial charge on any atom is -0.497 e. The van der Waals surface area contributed by atoms with Gasteiger partial charge in [-0.15, -0.1) is 0 Å². The first kappa shape index (κ1) is 22.1. The largest absolute Gasteiger partial charge is 0.497 e. The number of ether oxygens (including phenoxy) is 3. The third-order valence-corrected chi connectivity index (χ3v) is 5.15. The molecule has 1 aliphatic heterocycles. The van der Waals surface area contributed by atoms with Gasteiger partial charge in [-0.05, 0) is 30.2 Å². The molecule has 1 heterocycles. The van der Waals surface area contributed by atoms with E-state index in [1.54, 1.807) is 24.3 Å². The van der Waals surface area contributed by atoms with E-state index in [9.17, 15) is 14.4 Å². The summed E-state index contributed by atoms with van der Waals surface area (Å²) in [6, 6.07) is 12.6. The Labute approximate surface area is 181 Å². The third-order valence-electron chi connectivity index (χ3n) is 5.15. The van der Waals surface area contributed by atoms with Crippen LogP contribution < -0.4 is 19.7 Å². The fourth-order valence-corrected chi connectivity index (χ4v) is 3.50. The van der Waals surface area contributed by atoms with Crippen LogP contribution in [-0.4, -0.2) is 45.2 Å². The maximum absolute atomic E-state index is 12.5. The molecule has 0 bridgehead atoms. The molecule has 1 aliphatic rings. The van der Waals surface area contributed by atoms with Crippen molar-refractivity contribution >= 4 is 29.2 Å². The SMILES string of the molecule is CCc1ccccc1NC(=O)COC(=O)[C@H]1CC(=O)N(c2cc(OC)ccc2OC)C1. The predicted molar refractivity (Wildman–Crippen MR) is 115 cm³/mol. The maximum atomic E-state index is 12.5. The van der Waals surface area contributed by atoms with Crippen LogP contribution in [0.15, 0.2) is 42.5 Å². The summed E-state index contributed by atoms with van der Waals surface area (Å²) in [6.07, 6.45) is 0.767. The highest BCUT2D eigenvalue weighted by Gasteiger charge is 2.37. The minimum absolute atomic E-state index is 0.000511. The van der Waals surface area contributed by atoms with Crippen LogP contribution in [-0.2, 0) is 25.5 Å². The molecule has 1 saturated heterocycles. The van der Waals surface area contributed by atoms with Crippen LogP contribution in [0.2, 0.25) is 0 Å². The van der Waals surface area contributed by atoms with Gasteiger partial charge in [0.05, 0.1) is 25.8 Å². The number of hydrogen-bond acceptors (Lipinski definition) is 6. The normalized spacial score (nSPS) is 15.5. The summed E-state index contributed by atoms with van der Waals surface area (Å²) in [5, 5.41) is 2.75. The number of esters is 1. The Balaban J connectivity index is 1.60. The number of para-hydroxylation sites is 1. The Morgan fingerprint density at radius 3 is 2.61 bits per heavy atom. The van der Waals surface area contributed by atoms with Gasteiger partial charge in [-0.1, -0.05) is 25.1 Å². The monoisotopic (exact) mass is 426 g/mol. The van der Waals surface area contributed by atoms with Crippen molar-refractivity contribution in [1.29, 1.82) is 0 Å². The minimum atomic E-state index is -0.667. The van der Waals surface area contributed by atoms with Crippen molar-refractivity contribution in [2.45, 2.75) is 19.8 Å². The number of benzene rings is 2. The molecule has 8 nitrogen and oxygen atoms in total. The molecule has 0 spiro atoms. The second-order valence-electron chi connectivity index (χ2n) is 7.11. The molecule has 1 fully saturated rings. The summed E-state index contributed by atoms with van der Waals surface area (Å²) in [5.74, 6) is -0.841. The predicted octanol–water partition coefficient (Wildman–Crippen LogP) is 2.80. The van der Waals surface area contributed by atoms with E-state index in [0.717, 1.165) is 12.0 Å². The van der Waals surface area contributed by atoms with Gasteiger partial charge in [0.25, 0.3) is 5.91 Å². The van der Waals surface area contributed by atoms with E-state index in [0.29, 0.717) is 22.9 Å². The summed E-state index contributed by atoms with van der Waals surface area (Å²) in [5.41, 5.74) is 2.21. The number of anilines is 2. The van der Waals surface area contributed by atoms with Crippen LogP contribution in [0.4, 0.5) is 11.4 Å². The van der Waals surface area contributed by atoms with E-state index >= 15 is 0 Å². The van der Waals surface area contributed by atoms with Crippen molar-refractivity contribution < 1.29 is 28.6 Å². The molecule has 3 rings (SSSR count). The molecular formula is C23H26N2O6. The summed E-state index contributed by atoms with van der Waals surface area (Å²) in [7, 11) is 3.04. The number of hydrogen-bond donors (Lipinski definition) is 1. The quantitative estimate of drug-likeness (QED) is 0.653. The van der Waals surface area contributed by atoms with Gasteiger partial charge in [0, 0.05) is 24.7 Å². The average molecular weight is 426 g/mol. The molecule has 0 saturated carbocycles. The zero-order valence-electron chi connectivity index (χ0n) is 17.8. The number of carbonyl (C=O) groups excluding carboxylic acids is 3. The van der Waals surface area contributed by atoms with Crippen LogP contribution in [0.3, 0.4) is 0 Å². The second-order valence-corrected chi connectivity index (χ2v) is 7.11. The van der Waals surface area contributed by atoms with Crippen molar-refractivity contribution in [3.05, 3.63) is 48.0 Å². The molecule has 0 aromatic heterocycles. The third kappa shape index (κ3) is 5.14. The van der Waals surface area contributed by atoms with Crippen molar-refractivity contribution in [3.63, 3.8) is 0 Å². The number of rotatable bonds is 8. The molecule has 1 atom stereocenters. The molecule has 31 heavy (non-hydrogen) atoms. The standard InChI is InChI=1S/C23H26N2O6/c1-4-15-7-5-6-8-18(15)24-21(26)14-31-23(28)16-11-22(27)25(13-16)19-12-17(29-2)9-10-20(19)30-3/h5-10,12,16H,4,11,13-14H2,1-3H3,(H,24,26)/t16-/m0/s1. The smallest absolute Gasteiger partial charge is 0.311 e. The number of nitrogens with zero attached hydrogens (tertiary/aromatic N) is 1. The maximum Gasteiger partial charge on any atom is 0.311 e. The number of nitrogens with one attached hydrogen (secondary N) is 1. The zero-order chi connectivity index (χ0) is 22.4. The van der Waals surface area contributed by atoms with Gasteiger partial charge < -0.3 is 24.4 Å². The van der Waals surface area contributed by atoms with Crippen molar-refractivity contribution in [2.24, 2.45) is 5.92 Å². The lowest BCUT2D eigenvalue weighted by atomic mass is 10.1. The van der Waals surface area contributed by atoms with Crippen molar-refractivity contribution in [2.75, 3.05) is 37.6 Å². The molecule has 2 aromatic rings. The molecule has 1 N–H and O–H groups in total. The molecule has 2 aromatic carbocycles. The van der Waals surface area contributed by atoms with Gasteiger partial charge in [0.1, 0.15) is 11.5 Å². The van der Waals surface area contributed by atoms with Gasteiger partial charge in [0.15, 0.2) is 6.61 Å². The van der Waals surface area contributed by atoms with Crippen LogP contribution in [0.25, 0.3) is 0 Å². The number of aryl methyl sites for hydroxylation is 1. The molecule has 164 valence electrons. The highest BCUT2D eigenvalue weighted by molar-refractivity contribution is 6.01. The van der Waals surface area contributed by atoms with E-state index in [1.807, 2.05) is 25.1 Å². The lowest BCUT2D eigenvalue weighted by Crippen LogP contribution is -2.28. The summed E-state index contributed by atoms with van der Waals surface area (Å²) in [4.78, 5) is 38.7. The van der Waals surface area contributed by atoms with Crippen molar-refractivity contribution in [1.82, 2.24) is 0 Å². The van der Waals surface area contributed by atoms with E-state index in [2.05, 4.69) is 5.32 Å². The van der Waals surface area contributed by atoms with Gasteiger partial charge >= 0.3 is 5.97 Å². The Hall–Kier alpha value is -3.55. The average Bonchev–Trinajstić information content (AvgIpc) is 3.18. The Kier molecular flexibility index (Phi) is 7.12. The van der Waals surface area contributed by atoms with Crippen LogP contribution >= 0.6 is 0 Å². The molecule has 8 heteroatoms. The topological polar surface area (TPSA) is 94.2 Å². The fraction of sp³-hybridized carbons (Fsp3) is 0.348. The van der Waals surface area contributed by atoms with Crippen molar-refractivity contribution in [3.8, 4) is 11.5 Å². The Morgan fingerprint density at radius 2 is 1.90 bits per heavy atom. The van der Waals surface area contributed by atoms with Gasteiger partial charge in [-0.25, -0.2) is 0 Å². The first-order valence-electron chi connectivity index (χ1n) is 10.0. The fourth-order valence-electron chi connectivity index (χ4n) is 3.50. The van der Waals surface area contributed by atoms with E-state index in [4.69, 9.17) is 14.2 Å². The summed E-state index contributed by atoms with van der Waals surface area (Å²) >= 11 is 0. The molecule has 0 radical (unpaired) electrons. The summed E-state index contributed by atoms with van der Waals surface area (Å²) < 4.78 is 15.7. The van der Waals surface area contributed by atoms with Crippen LogP contribution in [0, 0.1) is 5.92 Å². The van der Waals surface area contributed by atoms with Gasteiger partial charge in [-0.3, -0.25) is 14.4 Å². The van der Waals surface area contributed by atoms with Crippen LogP contribution in [0.5, 0.6) is 11.5 Å². The highest BCUT2D eigenvalue weighted by atomic mass is 16.5. The summed E-state index contributed by atoms with van der Waals surface area (Å²) in [6.45, 7) is 1.72. The first-order valence-corrected chi connectivity index (χ1v) is 10.0. The molecule has 2 amide bonds. The van der Waals surface area contributed by atoms with Gasteiger partial charge in [-0.2, -0.15) is 0 Å². The van der Waals surface area contributed by atoms with Gasteiger partial charge in [0.2, 0.25) is 5.91 Å². The zero-order valence-corrected chi connectivity index (χ0v) is 17.8. The second kappa shape index (κ2) is 9.97. The van der Waals surface area contributed by atoms with E-state index < -0.39 is 24.4 Å². The number of carbonyl (C=O) groups is 3. The Bertz CT molecular complexity index is 974. The lowest BCUT2D eigenvalue weighted by Gasteiger charge is -2.20. The molecule has 0 aliphatic carbocycles. The Morgan fingerprint density at radius 1 is 1.13 bits per heavy atom. The molecular weight excluding hydrogens is 400 g/mol. The molecule has 0 unspecified atom stereocenters. The number of methoxy groups -OCH3 is 2. The van der Waals surface area contributed by atoms with Crippen LogP contribution in [0.1, 0.15) is 18.9 Å². The first-order chi connectivity index (χ1) is 15.0.